The van der Waals surface area contributed by atoms with E-state index >= 15 is 0 Å². The largest absolute Gasteiger partial charge is 0.462 e. The average molecular weight is 465 g/mol. The van der Waals surface area contributed by atoms with Gasteiger partial charge >= 0.3 is 5.97 Å². The van der Waals surface area contributed by atoms with Crippen LogP contribution in [0.3, 0.4) is 0 Å². The van der Waals surface area contributed by atoms with Crippen molar-refractivity contribution >= 4 is 56.2 Å². The predicted molar refractivity (Wildman–Crippen MR) is 117 cm³/mol. The van der Waals surface area contributed by atoms with Crippen LogP contribution in [0.2, 0.25) is 5.02 Å². The molecular weight excluding hydrogens is 448 g/mol. The maximum Gasteiger partial charge on any atom is 0.339 e. The van der Waals surface area contributed by atoms with E-state index in [1.165, 1.54) is 42.5 Å². The van der Waals surface area contributed by atoms with Crippen LogP contribution in [0.25, 0.3) is 0 Å². The highest BCUT2D eigenvalue weighted by atomic mass is 35.5. The number of hydrogen-bond acceptors (Lipinski definition) is 6. The molecule has 0 fully saturated rings. The zero-order valence-electron chi connectivity index (χ0n) is 15.7. The Bertz CT molecular complexity index is 1160. The molecule has 0 bridgehead atoms. The Labute approximate surface area is 182 Å². The highest BCUT2D eigenvalue weighted by Gasteiger charge is 2.16. The minimum Gasteiger partial charge on any atom is -0.462 e. The van der Waals surface area contributed by atoms with E-state index in [2.05, 4.69) is 10.0 Å². The van der Waals surface area contributed by atoms with Gasteiger partial charge in [0.15, 0.2) is 0 Å². The number of amides is 1. The van der Waals surface area contributed by atoms with E-state index in [4.69, 9.17) is 16.3 Å². The lowest BCUT2D eigenvalue weighted by Crippen LogP contribution is -2.14. The summed E-state index contributed by atoms with van der Waals surface area (Å²) < 4.78 is 32.1. The van der Waals surface area contributed by atoms with Crippen LogP contribution in [0, 0.1) is 0 Å². The molecule has 0 aliphatic carbocycles. The molecule has 1 heterocycles. The molecule has 2 aromatic carbocycles. The summed E-state index contributed by atoms with van der Waals surface area (Å²) in [5.41, 5.74) is 1.15. The molecule has 0 aliphatic rings. The molecule has 3 rings (SSSR count). The van der Waals surface area contributed by atoms with Gasteiger partial charge in [-0.05, 0) is 60.8 Å². The van der Waals surface area contributed by atoms with E-state index < -0.39 is 21.9 Å². The number of ether oxygens (including phenoxy) is 1. The average Bonchev–Trinajstić information content (AvgIpc) is 3.26. The van der Waals surface area contributed by atoms with E-state index in [1.54, 1.807) is 24.4 Å². The van der Waals surface area contributed by atoms with Gasteiger partial charge in [-0.15, -0.1) is 11.3 Å². The summed E-state index contributed by atoms with van der Waals surface area (Å²) in [6, 6.07) is 13.6. The molecule has 0 aliphatic heterocycles. The molecule has 2 N–H and O–H groups in total. The van der Waals surface area contributed by atoms with Crippen LogP contribution in [-0.4, -0.2) is 26.9 Å². The molecule has 10 heteroatoms. The van der Waals surface area contributed by atoms with Crippen LogP contribution >= 0.6 is 22.9 Å². The molecule has 0 saturated carbocycles. The van der Waals surface area contributed by atoms with Crippen LogP contribution < -0.4 is 10.0 Å². The monoisotopic (exact) mass is 464 g/mol. The maximum atomic E-state index is 12.5. The summed E-state index contributed by atoms with van der Waals surface area (Å²) >= 11 is 7.13. The second kappa shape index (κ2) is 9.29. The summed E-state index contributed by atoms with van der Waals surface area (Å²) in [5.74, 6) is -1.01. The Morgan fingerprint density at radius 3 is 2.40 bits per heavy atom. The lowest BCUT2D eigenvalue weighted by Gasteiger charge is -2.10. The van der Waals surface area contributed by atoms with Gasteiger partial charge in [-0.2, -0.15) is 0 Å². The fraction of sp³-hybridized carbons (Fsp3) is 0.100. The third-order valence-corrected chi connectivity index (χ3v) is 6.99. The lowest BCUT2D eigenvalue weighted by molar-refractivity contribution is 0.0526. The second-order valence-electron chi connectivity index (χ2n) is 5.98. The van der Waals surface area contributed by atoms with E-state index in [1.807, 2.05) is 0 Å². The van der Waals surface area contributed by atoms with Crippen LogP contribution in [-0.2, 0) is 14.8 Å². The molecule has 0 saturated heterocycles. The topological polar surface area (TPSA) is 102 Å². The second-order valence-corrected chi connectivity index (χ2v) is 9.25. The first-order valence-electron chi connectivity index (χ1n) is 8.74. The molecule has 0 unspecified atom stereocenters. The quantitative estimate of drug-likeness (QED) is 0.496. The van der Waals surface area contributed by atoms with Crippen molar-refractivity contribution in [2.24, 2.45) is 0 Å². The van der Waals surface area contributed by atoms with Crippen molar-refractivity contribution in [3.05, 3.63) is 76.1 Å². The molecule has 1 amide bonds. The summed E-state index contributed by atoms with van der Waals surface area (Å²) in [4.78, 5) is 24.4. The first-order valence-corrected chi connectivity index (χ1v) is 11.5. The van der Waals surface area contributed by atoms with Crippen LogP contribution in [0.4, 0.5) is 11.4 Å². The van der Waals surface area contributed by atoms with Crippen molar-refractivity contribution in [2.45, 2.75) is 11.1 Å². The van der Waals surface area contributed by atoms with Crippen LogP contribution in [0.15, 0.2) is 64.2 Å². The number of nitrogens with one attached hydrogen (secondary N) is 2. The van der Waals surface area contributed by atoms with Gasteiger partial charge in [-0.1, -0.05) is 17.7 Å². The van der Waals surface area contributed by atoms with Gasteiger partial charge < -0.3 is 10.1 Å². The third kappa shape index (κ3) is 5.18. The summed E-state index contributed by atoms with van der Waals surface area (Å²) in [7, 11) is -3.66. The van der Waals surface area contributed by atoms with Gasteiger partial charge in [0.1, 0.15) is 4.21 Å². The molecule has 0 atom stereocenters. The maximum absolute atomic E-state index is 12.5. The molecule has 156 valence electrons. The minimum absolute atomic E-state index is 0.148. The van der Waals surface area contributed by atoms with E-state index in [0.717, 1.165) is 11.3 Å². The van der Waals surface area contributed by atoms with Crippen LogP contribution in [0.1, 0.15) is 27.6 Å². The van der Waals surface area contributed by atoms with Crippen molar-refractivity contribution in [2.75, 3.05) is 16.6 Å². The number of sulfonamides is 1. The fourth-order valence-electron chi connectivity index (χ4n) is 2.48. The molecular formula is C20H17ClN2O5S2. The molecule has 0 spiro atoms. The first kappa shape index (κ1) is 21.8. The molecule has 30 heavy (non-hydrogen) atoms. The number of halogens is 1. The zero-order valence-corrected chi connectivity index (χ0v) is 18.1. The molecule has 3 aromatic rings. The lowest BCUT2D eigenvalue weighted by atomic mass is 10.1. The van der Waals surface area contributed by atoms with Gasteiger partial charge in [0.05, 0.1) is 17.2 Å². The minimum atomic E-state index is -3.66. The van der Waals surface area contributed by atoms with Crippen LogP contribution in [0.5, 0.6) is 0 Å². The normalized spacial score (nSPS) is 11.0. The smallest absolute Gasteiger partial charge is 0.339 e. The Kier molecular flexibility index (Phi) is 6.76. The highest BCUT2D eigenvalue weighted by molar-refractivity contribution is 7.94. The predicted octanol–water partition coefficient (Wildman–Crippen LogP) is 4.63. The number of thiophene rings is 1. The number of esters is 1. The Hall–Kier alpha value is -2.88. The molecule has 1 aromatic heterocycles. The molecule has 7 nitrogen and oxygen atoms in total. The van der Waals surface area contributed by atoms with E-state index in [-0.39, 0.29) is 21.4 Å². The Balaban J connectivity index is 1.71. The Morgan fingerprint density at radius 1 is 1.07 bits per heavy atom. The van der Waals surface area contributed by atoms with Crippen molar-refractivity contribution in [3.8, 4) is 0 Å². The van der Waals surface area contributed by atoms with Crippen molar-refractivity contribution in [1.82, 2.24) is 0 Å². The number of carbonyl (C=O) groups excluding carboxylic acids is 2. The summed E-state index contributed by atoms with van der Waals surface area (Å²) in [5, 5.41) is 4.56. The van der Waals surface area contributed by atoms with Crippen molar-refractivity contribution in [1.29, 1.82) is 0 Å². The van der Waals surface area contributed by atoms with Crippen molar-refractivity contribution in [3.63, 3.8) is 0 Å². The first-order chi connectivity index (χ1) is 14.3. The van der Waals surface area contributed by atoms with Gasteiger partial charge in [0.25, 0.3) is 15.9 Å². The Morgan fingerprint density at radius 2 is 1.77 bits per heavy atom. The third-order valence-electron chi connectivity index (χ3n) is 3.88. The van der Waals surface area contributed by atoms with Crippen molar-refractivity contribution < 1.29 is 22.7 Å². The fourth-order valence-corrected chi connectivity index (χ4v) is 4.73. The SMILES string of the molecule is CCOC(=O)c1cc(NC(=O)c2ccc(NS(=O)(=O)c3cccs3)cc2)ccc1Cl. The number of anilines is 2. The molecule has 0 radical (unpaired) electrons. The standard InChI is InChI=1S/C20H17ClN2O5S2/c1-2-28-20(25)16-12-15(9-10-17(16)21)22-19(24)13-5-7-14(8-6-13)23-30(26,27)18-4-3-11-29-18/h3-12,23H,2H2,1H3,(H,22,24). The van der Waals surface area contributed by atoms with E-state index in [0.29, 0.717) is 16.9 Å². The zero-order chi connectivity index (χ0) is 21.7. The van der Waals surface area contributed by atoms with E-state index in [9.17, 15) is 18.0 Å². The van der Waals surface area contributed by atoms with Gasteiger partial charge in [0, 0.05) is 16.9 Å². The summed E-state index contributed by atoms with van der Waals surface area (Å²) in [6.45, 7) is 1.88. The van der Waals surface area contributed by atoms with Gasteiger partial charge in [-0.25, -0.2) is 13.2 Å². The van der Waals surface area contributed by atoms with Gasteiger partial charge in [0.2, 0.25) is 0 Å². The number of hydrogen-bond donors (Lipinski definition) is 2. The summed E-state index contributed by atoms with van der Waals surface area (Å²) in [6.07, 6.45) is 0. The number of carbonyl (C=O) groups is 2. The highest BCUT2D eigenvalue weighted by Crippen LogP contribution is 2.23. The number of rotatable bonds is 7. The number of benzene rings is 2. The van der Waals surface area contributed by atoms with Gasteiger partial charge in [-0.3, -0.25) is 9.52 Å².